The summed E-state index contributed by atoms with van der Waals surface area (Å²) in [6.45, 7) is 2.16. The highest BCUT2D eigenvalue weighted by Crippen LogP contribution is 2.21. The SMILES string of the molecule is O=C(C1=CCCCO1)N1CCc2ccccc2C1. The fraction of sp³-hybridized carbons (Fsp3) is 0.400. The van der Waals surface area contributed by atoms with Gasteiger partial charge in [-0.3, -0.25) is 4.79 Å². The highest BCUT2D eigenvalue weighted by atomic mass is 16.5. The van der Waals surface area contributed by atoms with Crippen molar-refractivity contribution in [2.45, 2.75) is 25.8 Å². The molecular weight excluding hydrogens is 226 g/mol. The fourth-order valence-electron chi connectivity index (χ4n) is 2.53. The van der Waals surface area contributed by atoms with Crippen molar-refractivity contribution in [3.8, 4) is 0 Å². The van der Waals surface area contributed by atoms with E-state index in [4.69, 9.17) is 4.74 Å². The molecule has 3 heteroatoms. The molecule has 1 amide bonds. The third kappa shape index (κ3) is 2.13. The summed E-state index contributed by atoms with van der Waals surface area (Å²) in [7, 11) is 0. The minimum atomic E-state index is 0.0456. The lowest BCUT2D eigenvalue weighted by Crippen LogP contribution is -2.37. The van der Waals surface area contributed by atoms with Crippen molar-refractivity contribution in [2.24, 2.45) is 0 Å². The largest absolute Gasteiger partial charge is 0.488 e. The van der Waals surface area contributed by atoms with Gasteiger partial charge in [0.25, 0.3) is 5.91 Å². The van der Waals surface area contributed by atoms with Crippen LogP contribution in [0.15, 0.2) is 36.1 Å². The van der Waals surface area contributed by atoms with E-state index in [0.717, 1.165) is 25.8 Å². The van der Waals surface area contributed by atoms with Crippen LogP contribution in [0.5, 0.6) is 0 Å². The molecule has 3 rings (SSSR count). The van der Waals surface area contributed by atoms with E-state index in [2.05, 4.69) is 18.2 Å². The van der Waals surface area contributed by atoms with Crippen LogP contribution in [0.2, 0.25) is 0 Å². The van der Waals surface area contributed by atoms with Crippen molar-refractivity contribution in [1.29, 1.82) is 0 Å². The monoisotopic (exact) mass is 243 g/mol. The van der Waals surface area contributed by atoms with Gasteiger partial charge in [-0.25, -0.2) is 0 Å². The van der Waals surface area contributed by atoms with Gasteiger partial charge in [0.15, 0.2) is 5.76 Å². The van der Waals surface area contributed by atoms with Gasteiger partial charge in [-0.2, -0.15) is 0 Å². The van der Waals surface area contributed by atoms with E-state index in [-0.39, 0.29) is 5.91 Å². The molecule has 2 aliphatic rings. The summed E-state index contributed by atoms with van der Waals surface area (Å²) in [4.78, 5) is 14.2. The van der Waals surface area contributed by atoms with Crippen LogP contribution < -0.4 is 0 Å². The average Bonchev–Trinajstić information content (AvgIpc) is 2.47. The summed E-state index contributed by atoms with van der Waals surface area (Å²) in [5, 5.41) is 0. The van der Waals surface area contributed by atoms with Crippen molar-refractivity contribution in [3.05, 3.63) is 47.2 Å². The number of nitrogens with zero attached hydrogens (tertiary/aromatic N) is 1. The molecule has 0 saturated heterocycles. The summed E-state index contributed by atoms with van der Waals surface area (Å²) in [6, 6.07) is 8.34. The third-order valence-corrected chi connectivity index (χ3v) is 3.56. The first-order chi connectivity index (χ1) is 8.84. The van der Waals surface area contributed by atoms with Crippen molar-refractivity contribution in [3.63, 3.8) is 0 Å². The van der Waals surface area contributed by atoms with E-state index < -0.39 is 0 Å². The van der Waals surface area contributed by atoms with Crippen LogP contribution in [-0.2, 0) is 22.5 Å². The molecule has 3 nitrogen and oxygen atoms in total. The zero-order valence-corrected chi connectivity index (χ0v) is 10.4. The molecule has 1 aromatic rings. The average molecular weight is 243 g/mol. The van der Waals surface area contributed by atoms with Gasteiger partial charge >= 0.3 is 0 Å². The molecule has 0 bridgehead atoms. The Morgan fingerprint density at radius 2 is 2.06 bits per heavy atom. The number of allylic oxidation sites excluding steroid dienone is 1. The first-order valence-electron chi connectivity index (χ1n) is 6.53. The second-order valence-corrected chi connectivity index (χ2v) is 4.80. The van der Waals surface area contributed by atoms with Crippen molar-refractivity contribution >= 4 is 5.91 Å². The van der Waals surface area contributed by atoms with Crippen LogP contribution in [0.25, 0.3) is 0 Å². The van der Waals surface area contributed by atoms with E-state index >= 15 is 0 Å². The first kappa shape index (κ1) is 11.3. The van der Waals surface area contributed by atoms with E-state index in [1.54, 1.807) is 0 Å². The van der Waals surface area contributed by atoms with Gasteiger partial charge in [-0.15, -0.1) is 0 Å². The van der Waals surface area contributed by atoms with Crippen LogP contribution in [0.3, 0.4) is 0 Å². The Labute approximate surface area is 107 Å². The minimum Gasteiger partial charge on any atom is -0.488 e. The Balaban J connectivity index is 1.75. The fourth-order valence-corrected chi connectivity index (χ4v) is 2.53. The molecule has 0 saturated carbocycles. The number of rotatable bonds is 1. The number of amides is 1. The summed E-state index contributed by atoms with van der Waals surface area (Å²) in [5.74, 6) is 0.588. The van der Waals surface area contributed by atoms with E-state index in [1.807, 2.05) is 17.0 Å². The Morgan fingerprint density at radius 1 is 1.22 bits per heavy atom. The van der Waals surface area contributed by atoms with Crippen molar-refractivity contribution in [1.82, 2.24) is 4.90 Å². The maximum Gasteiger partial charge on any atom is 0.288 e. The summed E-state index contributed by atoms with van der Waals surface area (Å²) in [5.41, 5.74) is 2.62. The maximum atomic E-state index is 12.3. The molecule has 18 heavy (non-hydrogen) atoms. The van der Waals surface area contributed by atoms with E-state index in [9.17, 15) is 4.79 Å². The molecular formula is C15H17NO2. The van der Waals surface area contributed by atoms with Crippen LogP contribution in [-0.4, -0.2) is 24.0 Å². The van der Waals surface area contributed by atoms with Gasteiger partial charge in [-0.05, 0) is 36.5 Å². The molecule has 0 atom stereocenters. The first-order valence-corrected chi connectivity index (χ1v) is 6.53. The standard InChI is InChI=1S/C15H17NO2/c17-15(14-7-3-4-10-18-14)16-9-8-12-5-1-2-6-13(12)11-16/h1-2,5-7H,3-4,8-11H2. The quantitative estimate of drug-likeness (QED) is 0.757. The molecule has 0 unspecified atom stereocenters. The predicted molar refractivity (Wildman–Crippen MR) is 68.8 cm³/mol. The lowest BCUT2D eigenvalue weighted by molar-refractivity contribution is -0.132. The second kappa shape index (κ2) is 4.84. The summed E-state index contributed by atoms with van der Waals surface area (Å²) < 4.78 is 5.45. The normalized spacial score (nSPS) is 18.7. The summed E-state index contributed by atoms with van der Waals surface area (Å²) >= 11 is 0. The molecule has 1 aromatic carbocycles. The van der Waals surface area contributed by atoms with Crippen molar-refractivity contribution < 1.29 is 9.53 Å². The number of hydrogen-bond acceptors (Lipinski definition) is 2. The van der Waals surface area contributed by atoms with Gasteiger partial charge in [0.05, 0.1) is 6.61 Å². The van der Waals surface area contributed by atoms with Gasteiger partial charge in [0.2, 0.25) is 0 Å². The maximum absolute atomic E-state index is 12.3. The predicted octanol–water partition coefficient (Wildman–Crippen LogP) is 2.27. The molecule has 0 aromatic heterocycles. The molecule has 0 spiro atoms. The number of ether oxygens (including phenoxy) is 1. The number of fused-ring (bicyclic) bond motifs is 1. The van der Waals surface area contributed by atoms with Gasteiger partial charge in [0, 0.05) is 13.1 Å². The third-order valence-electron chi connectivity index (χ3n) is 3.56. The van der Waals surface area contributed by atoms with Crippen LogP contribution in [0.1, 0.15) is 24.0 Å². The number of benzene rings is 1. The Kier molecular flexibility index (Phi) is 3.05. The Morgan fingerprint density at radius 3 is 2.83 bits per heavy atom. The Hall–Kier alpha value is -1.77. The number of carbonyl (C=O) groups excluding carboxylic acids is 1. The highest BCUT2D eigenvalue weighted by Gasteiger charge is 2.24. The van der Waals surface area contributed by atoms with Gasteiger partial charge < -0.3 is 9.64 Å². The molecule has 2 heterocycles. The van der Waals surface area contributed by atoms with Crippen LogP contribution in [0.4, 0.5) is 0 Å². The zero-order valence-electron chi connectivity index (χ0n) is 10.4. The lowest BCUT2D eigenvalue weighted by Gasteiger charge is -2.30. The van der Waals surface area contributed by atoms with E-state index in [1.165, 1.54) is 11.1 Å². The zero-order chi connectivity index (χ0) is 12.4. The molecule has 0 fully saturated rings. The van der Waals surface area contributed by atoms with Crippen molar-refractivity contribution in [2.75, 3.05) is 13.2 Å². The van der Waals surface area contributed by atoms with Gasteiger partial charge in [-0.1, -0.05) is 24.3 Å². The molecule has 0 N–H and O–H groups in total. The second-order valence-electron chi connectivity index (χ2n) is 4.80. The number of hydrogen-bond donors (Lipinski definition) is 0. The highest BCUT2D eigenvalue weighted by molar-refractivity contribution is 5.91. The van der Waals surface area contributed by atoms with Crippen LogP contribution >= 0.6 is 0 Å². The van der Waals surface area contributed by atoms with Gasteiger partial charge in [0.1, 0.15) is 0 Å². The smallest absolute Gasteiger partial charge is 0.288 e. The minimum absolute atomic E-state index is 0.0456. The molecule has 94 valence electrons. The molecule has 0 aliphatic carbocycles. The topological polar surface area (TPSA) is 29.5 Å². The Bertz CT molecular complexity index is 493. The van der Waals surface area contributed by atoms with E-state index in [0.29, 0.717) is 18.9 Å². The molecule has 2 aliphatic heterocycles. The number of carbonyl (C=O) groups is 1. The lowest BCUT2D eigenvalue weighted by atomic mass is 10.00. The molecule has 0 radical (unpaired) electrons. The summed E-state index contributed by atoms with van der Waals surface area (Å²) in [6.07, 6.45) is 4.83. The van der Waals surface area contributed by atoms with Crippen LogP contribution in [0, 0.1) is 0 Å².